The quantitative estimate of drug-likeness (QED) is 0.834. The zero-order chi connectivity index (χ0) is 16.9. The lowest BCUT2D eigenvalue weighted by molar-refractivity contribution is -0.157. The van der Waals surface area contributed by atoms with E-state index in [-0.39, 0.29) is 5.92 Å². The van der Waals surface area contributed by atoms with Crippen LogP contribution in [0.15, 0.2) is 54.6 Å². The molecule has 4 heteroatoms. The van der Waals surface area contributed by atoms with Crippen molar-refractivity contribution in [2.24, 2.45) is 5.92 Å². The maximum Gasteiger partial charge on any atom is 0.348 e. The molecule has 0 bridgehead atoms. The first-order chi connectivity index (χ1) is 10.9. The van der Waals surface area contributed by atoms with Gasteiger partial charge in [-0.05, 0) is 36.8 Å². The molecule has 0 aliphatic rings. The van der Waals surface area contributed by atoms with Crippen molar-refractivity contribution in [1.29, 1.82) is 0 Å². The maximum atomic E-state index is 11.4. The van der Waals surface area contributed by atoms with Crippen LogP contribution in [0.4, 0.5) is 0 Å². The molecule has 0 saturated carbocycles. The molecular formula is C19H22O4. The van der Waals surface area contributed by atoms with Gasteiger partial charge in [0.15, 0.2) is 0 Å². The van der Waals surface area contributed by atoms with Gasteiger partial charge in [0.05, 0.1) is 0 Å². The van der Waals surface area contributed by atoms with Crippen molar-refractivity contribution in [1.82, 2.24) is 0 Å². The molecule has 0 aromatic heterocycles. The highest BCUT2D eigenvalue weighted by Gasteiger charge is 2.39. The van der Waals surface area contributed by atoms with E-state index in [1.807, 2.05) is 44.2 Å². The fraction of sp³-hybridized carbons (Fsp3) is 0.316. The molecule has 0 radical (unpaired) electrons. The van der Waals surface area contributed by atoms with Gasteiger partial charge in [0.25, 0.3) is 0 Å². The van der Waals surface area contributed by atoms with Crippen molar-refractivity contribution >= 4 is 5.97 Å². The summed E-state index contributed by atoms with van der Waals surface area (Å²) in [4.78, 5) is 11.4. The summed E-state index contributed by atoms with van der Waals surface area (Å²) in [7, 11) is 0. The maximum absolute atomic E-state index is 11.4. The van der Waals surface area contributed by atoms with E-state index in [4.69, 9.17) is 9.47 Å². The zero-order valence-corrected chi connectivity index (χ0v) is 13.7. The highest BCUT2D eigenvalue weighted by atomic mass is 16.5. The Morgan fingerprint density at radius 2 is 1.61 bits per heavy atom. The smallest absolute Gasteiger partial charge is 0.348 e. The molecule has 0 spiro atoms. The molecule has 4 nitrogen and oxygen atoms in total. The van der Waals surface area contributed by atoms with Gasteiger partial charge in [0.2, 0.25) is 5.60 Å². The van der Waals surface area contributed by atoms with Crippen molar-refractivity contribution in [3.05, 3.63) is 60.2 Å². The van der Waals surface area contributed by atoms with Gasteiger partial charge in [-0.1, -0.05) is 44.2 Å². The van der Waals surface area contributed by atoms with E-state index in [1.54, 1.807) is 31.2 Å². The number of hydrogen-bond donors (Lipinski definition) is 1. The number of carboxylic acid groups (broad SMARTS) is 1. The molecule has 1 N–H and O–H groups in total. The summed E-state index contributed by atoms with van der Waals surface area (Å²) in [5, 5.41) is 9.38. The van der Waals surface area contributed by atoms with E-state index in [0.29, 0.717) is 18.1 Å². The Bertz CT molecular complexity index is 634. The van der Waals surface area contributed by atoms with E-state index in [0.717, 1.165) is 5.56 Å². The Hall–Kier alpha value is -2.49. The van der Waals surface area contributed by atoms with Crippen LogP contribution in [-0.4, -0.2) is 16.7 Å². The van der Waals surface area contributed by atoms with Gasteiger partial charge in [0.1, 0.15) is 18.1 Å². The van der Waals surface area contributed by atoms with Crippen LogP contribution in [-0.2, 0) is 11.4 Å². The monoisotopic (exact) mass is 314 g/mol. The second-order valence-electron chi connectivity index (χ2n) is 5.91. The van der Waals surface area contributed by atoms with Gasteiger partial charge in [-0.3, -0.25) is 0 Å². The Kier molecular flexibility index (Phi) is 5.27. The molecule has 0 fully saturated rings. The molecule has 1 atom stereocenters. The first kappa shape index (κ1) is 16.9. The van der Waals surface area contributed by atoms with Crippen LogP contribution in [0, 0.1) is 5.92 Å². The average molecular weight is 314 g/mol. The van der Waals surface area contributed by atoms with Crippen LogP contribution in [0.1, 0.15) is 26.3 Å². The normalized spacial score (nSPS) is 13.4. The van der Waals surface area contributed by atoms with Crippen LogP contribution < -0.4 is 9.47 Å². The van der Waals surface area contributed by atoms with Crippen LogP contribution in [0.3, 0.4) is 0 Å². The second-order valence-corrected chi connectivity index (χ2v) is 5.91. The molecule has 2 rings (SSSR count). The number of carbonyl (C=O) groups is 1. The Labute approximate surface area is 136 Å². The number of benzene rings is 2. The standard InChI is InChI=1S/C19H22O4/c1-14(2)19(3,18(20)21)23-17-11-9-16(10-12-17)22-13-15-7-5-4-6-8-15/h4-12,14H,13H2,1-3H3,(H,20,21). The predicted octanol–water partition coefficient (Wildman–Crippen LogP) is 4.14. The zero-order valence-electron chi connectivity index (χ0n) is 13.7. The molecular weight excluding hydrogens is 292 g/mol. The molecule has 0 heterocycles. The molecule has 1 unspecified atom stereocenters. The minimum absolute atomic E-state index is 0.158. The highest BCUT2D eigenvalue weighted by molar-refractivity contribution is 5.77. The van der Waals surface area contributed by atoms with Crippen molar-refractivity contribution in [2.75, 3.05) is 0 Å². The SMILES string of the molecule is CC(C)C(C)(Oc1ccc(OCc2ccccc2)cc1)C(=O)O. The summed E-state index contributed by atoms with van der Waals surface area (Å²) in [6.45, 7) is 5.72. The Balaban J connectivity index is 2.00. The van der Waals surface area contributed by atoms with Crippen LogP contribution >= 0.6 is 0 Å². The van der Waals surface area contributed by atoms with E-state index in [2.05, 4.69) is 0 Å². The topological polar surface area (TPSA) is 55.8 Å². The third-order valence-electron chi connectivity index (χ3n) is 3.93. The minimum Gasteiger partial charge on any atom is -0.489 e. The predicted molar refractivity (Wildman–Crippen MR) is 88.7 cm³/mol. The van der Waals surface area contributed by atoms with Crippen molar-refractivity contribution < 1.29 is 19.4 Å². The lowest BCUT2D eigenvalue weighted by atomic mass is 9.92. The van der Waals surface area contributed by atoms with E-state index in [9.17, 15) is 9.90 Å². The third-order valence-corrected chi connectivity index (χ3v) is 3.93. The third kappa shape index (κ3) is 4.25. The summed E-state index contributed by atoms with van der Waals surface area (Å²) in [6, 6.07) is 16.9. The summed E-state index contributed by atoms with van der Waals surface area (Å²) < 4.78 is 11.4. The highest BCUT2D eigenvalue weighted by Crippen LogP contribution is 2.27. The molecule has 0 aliphatic heterocycles. The molecule has 122 valence electrons. The van der Waals surface area contributed by atoms with Gasteiger partial charge < -0.3 is 14.6 Å². The number of rotatable bonds is 7. The van der Waals surface area contributed by atoms with Gasteiger partial charge in [-0.2, -0.15) is 0 Å². The van der Waals surface area contributed by atoms with Gasteiger partial charge in [-0.25, -0.2) is 4.79 Å². The number of aliphatic carboxylic acids is 1. The number of hydrogen-bond acceptors (Lipinski definition) is 3. The summed E-state index contributed by atoms with van der Waals surface area (Å²) >= 11 is 0. The molecule has 23 heavy (non-hydrogen) atoms. The lowest BCUT2D eigenvalue weighted by Gasteiger charge is -2.30. The number of carboxylic acids is 1. The van der Waals surface area contributed by atoms with Crippen LogP contribution in [0.5, 0.6) is 11.5 Å². The van der Waals surface area contributed by atoms with Crippen LogP contribution in [0.2, 0.25) is 0 Å². The fourth-order valence-corrected chi connectivity index (χ4v) is 2.00. The first-order valence-corrected chi connectivity index (χ1v) is 7.61. The van der Waals surface area contributed by atoms with Crippen molar-refractivity contribution in [3.8, 4) is 11.5 Å². The van der Waals surface area contributed by atoms with Crippen molar-refractivity contribution in [2.45, 2.75) is 33.0 Å². The van der Waals surface area contributed by atoms with Gasteiger partial charge >= 0.3 is 5.97 Å². The lowest BCUT2D eigenvalue weighted by Crippen LogP contribution is -2.46. The molecule has 2 aromatic rings. The minimum atomic E-state index is -1.26. The van der Waals surface area contributed by atoms with E-state index >= 15 is 0 Å². The largest absolute Gasteiger partial charge is 0.489 e. The molecule has 0 amide bonds. The average Bonchev–Trinajstić information content (AvgIpc) is 2.54. The van der Waals surface area contributed by atoms with E-state index < -0.39 is 11.6 Å². The molecule has 0 aliphatic carbocycles. The summed E-state index contributed by atoms with van der Waals surface area (Å²) in [5.41, 5.74) is -0.169. The van der Waals surface area contributed by atoms with Gasteiger partial charge in [-0.15, -0.1) is 0 Å². The summed E-state index contributed by atoms with van der Waals surface area (Å²) in [5.74, 6) is 0.0874. The van der Waals surface area contributed by atoms with Gasteiger partial charge in [0, 0.05) is 5.92 Å². The van der Waals surface area contributed by atoms with E-state index in [1.165, 1.54) is 0 Å². The Morgan fingerprint density at radius 3 is 2.13 bits per heavy atom. The van der Waals surface area contributed by atoms with Crippen LogP contribution in [0.25, 0.3) is 0 Å². The molecule has 2 aromatic carbocycles. The van der Waals surface area contributed by atoms with Crippen molar-refractivity contribution in [3.63, 3.8) is 0 Å². The number of ether oxygens (including phenoxy) is 2. The second kappa shape index (κ2) is 7.18. The fourth-order valence-electron chi connectivity index (χ4n) is 2.00. The molecule has 0 saturated heterocycles. The first-order valence-electron chi connectivity index (χ1n) is 7.61. The summed E-state index contributed by atoms with van der Waals surface area (Å²) in [6.07, 6.45) is 0. The Morgan fingerprint density at radius 1 is 1.04 bits per heavy atom.